The first-order chi connectivity index (χ1) is 10.4. The zero-order chi connectivity index (χ0) is 17.7. The van der Waals surface area contributed by atoms with E-state index in [0.717, 1.165) is 25.7 Å². The van der Waals surface area contributed by atoms with Crippen molar-refractivity contribution in [3.8, 4) is 0 Å². The van der Waals surface area contributed by atoms with Crippen LogP contribution in [0.15, 0.2) is 12.7 Å². The molecule has 2 rings (SSSR count). The minimum atomic E-state index is -0.901. The van der Waals surface area contributed by atoms with E-state index >= 15 is 0 Å². The summed E-state index contributed by atoms with van der Waals surface area (Å²) in [5.74, 6) is 0.275. The van der Waals surface area contributed by atoms with E-state index in [0.29, 0.717) is 12.8 Å². The quantitative estimate of drug-likeness (QED) is 0.692. The van der Waals surface area contributed by atoms with Crippen molar-refractivity contribution < 1.29 is 15.3 Å². The number of rotatable bonds is 4. The Morgan fingerprint density at radius 1 is 1.22 bits per heavy atom. The zero-order valence-electron chi connectivity index (χ0n) is 15.6. The Hall–Kier alpha value is -0.380. The van der Waals surface area contributed by atoms with Crippen molar-refractivity contribution in [1.82, 2.24) is 0 Å². The zero-order valence-corrected chi connectivity index (χ0v) is 15.6. The molecule has 0 saturated heterocycles. The van der Waals surface area contributed by atoms with Crippen LogP contribution in [0.25, 0.3) is 0 Å². The molecule has 0 spiro atoms. The number of aliphatic hydroxyl groups is 3. The molecule has 3 N–H and O–H groups in total. The second-order valence-corrected chi connectivity index (χ2v) is 9.61. The standard InChI is InChI=1S/C20H36O3/c1-7-18(4,22)12-9-15-19(5)11-8-10-17(2,3)16(19)14(21)13-20(15,6)23/h7,14-16,21-23H,1,8-13H2,2-6H3/t14-,15-,16+,18+,19-,20-/m1/s1. The van der Waals surface area contributed by atoms with Crippen LogP contribution in [0.4, 0.5) is 0 Å². The van der Waals surface area contributed by atoms with E-state index in [4.69, 9.17) is 0 Å². The van der Waals surface area contributed by atoms with Crippen LogP contribution in [0.3, 0.4) is 0 Å². The van der Waals surface area contributed by atoms with Crippen LogP contribution in [-0.2, 0) is 0 Å². The predicted octanol–water partition coefficient (Wildman–Crippen LogP) is 3.67. The highest BCUT2D eigenvalue weighted by atomic mass is 16.3. The average Bonchev–Trinajstić information content (AvgIpc) is 2.34. The lowest BCUT2D eigenvalue weighted by molar-refractivity contribution is -0.216. The van der Waals surface area contributed by atoms with E-state index in [1.54, 1.807) is 13.0 Å². The summed E-state index contributed by atoms with van der Waals surface area (Å²) in [6, 6.07) is 0. The van der Waals surface area contributed by atoms with Crippen molar-refractivity contribution in [2.24, 2.45) is 22.7 Å². The van der Waals surface area contributed by atoms with Gasteiger partial charge in [0.25, 0.3) is 0 Å². The first-order valence-corrected chi connectivity index (χ1v) is 9.12. The molecular weight excluding hydrogens is 288 g/mol. The van der Waals surface area contributed by atoms with Gasteiger partial charge in [-0.25, -0.2) is 0 Å². The van der Waals surface area contributed by atoms with Crippen LogP contribution < -0.4 is 0 Å². The Labute approximate surface area is 141 Å². The number of hydrogen-bond acceptors (Lipinski definition) is 3. The van der Waals surface area contributed by atoms with Crippen LogP contribution in [-0.4, -0.2) is 32.6 Å². The van der Waals surface area contributed by atoms with Gasteiger partial charge in [0.2, 0.25) is 0 Å². The van der Waals surface area contributed by atoms with Crippen molar-refractivity contribution in [3.05, 3.63) is 12.7 Å². The number of hydrogen-bond donors (Lipinski definition) is 3. The molecule has 6 atom stereocenters. The Balaban J connectivity index is 2.35. The van der Waals surface area contributed by atoms with E-state index in [-0.39, 0.29) is 22.7 Å². The largest absolute Gasteiger partial charge is 0.393 e. The highest BCUT2D eigenvalue weighted by Gasteiger charge is 2.61. The molecule has 2 aliphatic rings. The van der Waals surface area contributed by atoms with E-state index in [1.807, 2.05) is 6.92 Å². The summed E-state index contributed by atoms with van der Waals surface area (Å²) in [6.45, 7) is 14.1. The maximum Gasteiger partial charge on any atom is 0.0797 e. The van der Waals surface area contributed by atoms with Crippen molar-refractivity contribution in [3.63, 3.8) is 0 Å². The Morgan fingerprint density at radius 2 is 1.83 bits per heavy atom. The predicted molar refractivity (Wildman–Crippen MR) is 94.0 cm³/mol. The van der Waals surface area contributed by atoms with Gasteiger partial charge in [0, 0.05) is 6.42 Å². The minimum absolute atomic E-state index is 0.0781. The van der Waals surface area contributed by atoms with Gasteiger partial charge in [-0.3, -0.25) is 0 Å². The highest BCUT2D eigenvalue weighted by Crippen LogP contribution is 2.63. The fraction of sp³-hybridized carbons (Fsp3) is 0.900. The normalized spacial score (nSPS) is 45.8. The summed E-state index contributed by atoms with van der Waals surface area (Å²) >= 11 is 0. The number of aliphatic hydroxyl groups excluding tert-OH is 1. The molecule has 0 amide bonds. The topological polar surface area (TPSA) is 60.7 Å². The summed E-state index contributed by atoms with van der Waals surface area (Å²) in [5.41, 5.74) is -1.81. The molecule has 0 aromatic heterocycles. The van der Waals surface area contributed by atoms with Gasteiger partial charge in [-0.2, -0.15) is 0 Å². The first-order valence-electron chi connectivity index (χ1n) is 9.12. The SMILES string of the molecule is C=C[C@](C)(O)CC[C@@H]1[C@@]2(C)CCCC(C)(C)[C@@H]2[C@H](O)C[C@@]1(C)O. The second-order valence-electron chi connectivity index (χ2n) is 9.61. The van der Waals surface area contributed by atoms with Gasteiger partial charge < -0.3 is 15.3 Å². The molecule has 134 valence electrons. The van der Waals surface area contributed by atoms with Gasteiger partial charge >= 0.3 is 0 Å². The second kappa shape index (κ2) is 5.86. The molecule has 0 heterocycles. The lowest BCUT2D eigenvalue weighted by Crippen LogP contribution is -2.62. The van der Waals surface area contributed by atoms with E-state index < -0.39 is 17.3 Å². The molecule has 2 saturated carbocycles. The molecule has 0 radical (unpaired) electrons. The van der Waals surface area contributed by atoms with Crippen molar-refractivity contribution in [1.29, 1.82) is 0 Å². The van der Waals surface area contributed by atoms with Gasteiger partial charge in [-0.1, -0.05) is 33.3 Å². The Morgan fingerprint density at radius 3 is 2.39 bits per heavy atom. The Kier molecular flexibility index (Phi) is 4.83. The summed E-state index contributed by atoms with van der Waals surface area (Å²) in [7, 11) is 0. The van der Waals surface area contributed by atoms with E-state index in [1.165, 1.54) is 0 Å². The van der Waals surface area contributed by atoms with E-state index in [2.05, 4.69) is 27.4 Å². The molecule has 0 bridgehead atoms. The molecule has 0 unspecified atom stereocenters. The summed E-state index contributed by atoms with van der Waals surface area (Å²) in [6.07, 6.45) is 6.21. The summed E-state index contributed by atoms with van der Waals surface area (Å²) < 4.78 is 0. The molecule has 0 aromatic rings. The van der Waals surface area contributed by atoms with Crippen molar-refractivity contribution >= 4 is 0 Å². The third-order valence-corrected chi connectivity index (χ3v) is 7.02. The van der Waals surface area contributed by atoms with Crippen LogP contribution in [0.1, 0.15) is 73.1 Å². The highest BCUT2D eigenvalue weighted by molar-refractivity contribution is 5.11. The third-order valence-electron chi connectivity index (χ3n) is 7.02. The van der Waals surface area contributed by atoms with Crippen LogP contribution >= 0.6 is 0 Å². The van der Waals surface area contributed by atoms with Crippen LogP contribution in [0.5, 0.6) is 0 Å². The summed E-state index contributed by atoms with van der Waals surface area (Å²) in [4.78, 5) is 0. The summed E-state index contributed by atoms with van der Waals surface area (Å²) in [5, 5.41) is 32.2. The molecule has 3 heteroatoms. The first kappa shape index (κ1) is 19.0. The molecule has 2 fully saturated rings. The maximum absolute atomic E-state index is 11.1. The smallest absolute Gasteiger partial charge is 0.0797 e. The molecule has 0 aliphatic heterocycles. The average molecular weight is 325 g/mol. The minimum Gasteiger partial charge on any atom is -0.393 e. The molecule has 2 aliphatic carbocycles. The van der Waals surface area contributed by atoms with Gasteiger partial charge in [0.05, 0.1) is 17.3 Å². The fourth-order valence-corrected chi connectivity index (χ4v) is 6.05. The van der Waals surface area contributed by atoms with Crippen LogP contribution in [0.2, 0.25) is 0 Å². The monoisotopic (exact) mass is 324 g/mol. The third kappa shape index (κ3) is 3.38. The molecule has 3 nitrogen and oxygen atoms in total. The van der Waals surface area contributed by atoms with Gasteiger partial charge in [-0.15, -0.1) is 6.58 Å². The molecule has 23 heavy (non-hydrogen) atoms. The van der Waals surface area contributed by atoms with Crippen molar-refractivity contribution in [2.75, 3.05) is 0 Å². The molecule has 0 aromatic carbocycles. The van der Waals surface area contributed by atoms with Crippen molar-refractivity contribution in [2.45, 2.75) is 90.4 Å². The number of fused-ring (bicyclic) bond motifs is 1. The lowest BCUT2D eigenvalue weighted by atomic mass is 9.44. The Bertz CT molecular complexity index is 452. The molecular formula is C20H36O3. The fourth-order valence-electron chi connectivity index (χ4n) is 6.05. The lowest BCUT2D eigenvalue weighted by Gasteiger charge is -2.63. The van der Waals surface area contributed by atoms with Crippen LogP contribution in [0, 0.1) is 22.7 Å². The van der Waals surface area contributed by atoms with E-state index in [9.17, 15) is 15.3 Å². The maximum atomic E-state index is 11.1. The van der Waals surface area contributed by atoms with Gasteiger partial charge in [0.1, 0.15) is 0 Å². The van der Waals surface area contributed by atoms with Gasteiger partial charge in [0.15, 0.2) is 0 Å². The van der Waals surface area contributed by atoms with Gasteiger partial charge in [-0.05, 0) is 62.2 Å².